The van der Waals surface area contributed by atoms with Crippen molar-refractivity contribution in [2.45, 2.75) is 19.4 Å². The first kappa shape index (κ1) is 14.3. The minimum Gasteiger partial charge on any atom is -0.478 e. The fourth-order valence-electron chi connectivity index (χ4n) is 1.78. The molecule has 2 rings (SSSR count). The van der Waals surface area contributed by atoms with Crippen LogP contribution in [-0.2, 0) is 4.74 Å². The molecule has 20 heavy (non-hydrogen) atoms. The van der Waals surface area contributed by atoms with Crippen molar-refractivity contribution in [2.75, 3.05) is 19.0 Å². The third-order valence-electron chi connectivity index (χ3n) is 3.19. The van der Waals surface area contributed by atoms with E-state index in [4.69, 9.17) is 4.74 Å². The Balaban J connectivity index is 2.39. The van der Waals surface area contributed by atoms with Crippen LogP contribution in [0, 0.1) is 0 Å². The summed E-state index contributed by atoms with van der Waals surface area (Å²) in [5.41, 5.74) is 0.522. The molecule has 0 bridgehead atoms. The number of benzene rings is 1. The molecule has 0 saturated carbocycles. The summed E-state index contributed by atoms with van der Waals surface area (Å²) in [6.45, 7) is 4.30. The maximum absolute atomic E-state index is 11.3. The fourth-order valence-corrected chi connectivity index (χ4v) is 1.78. The van der Waals surface area contributed by atoms with Gasteiger partial charge in [-0.2, -0.15) is 0 Å². The van der Waals surface area contributed by atoms with Crippen LogP contribution < -0.4 is 5.32 Å². The summed E-state index contributed by atoms with van der Waals surface area (Å²) in [4.78, 5) is 15.7. The number of aromatic nitrogens is 1. The van der Waals surface area contributed by atoms with Crippen LogP contribution in [0.5, 0.6) is 0 Å². The molecule has 0 unspecified atom stereocenters. The number of anilines is 1. The number of fused-ring (bicyclic) bond motifs is 1. The second-order valence-electron chi connectivity index (χ2n) is 5.20. The Morgan fingerprint density at radius 2 is 2.10 bits per heavy atom. The first-order valence-electron chi connectivity index (χ1n) is 6.35. The van der Waals surface area contributed by atoms with Crippen LogP contribution in [-0.4, -0.2) is 35.3 Å². The van der Waals surface area contributed by atoms with Crippen LogP contribution in [0.3, 0.4) is 0 Å². The largest absolute Gasteiger partial charge is 0.478 e. The van der Waals surface area contributed by atoms with E-state index in [9.17, 15) is 9.90 Å². The third kappa shape index (κ3) is 3.05. The van der Waals surface area contributed by atoms with Crippen LogP contribution >= 0.6 is 0 Å². The number of hydrogen-bond acceptors (Lipinski definition) is 4. The zero-order valence-corrected chi connectivity index (χ0v) is 11.8. The molecule has 0 atom stereocenters. The monoisotopic (exact) mass is 274 g/mol. The molecule has 0 saturated heterocycles. The minimum atomic E-state index is -0.999. The van der Waals surface area contributed by atoms with Gasteiger partial charge in [0.25, 0.3) is 0 Å². The number of carboxylic acids is 1. The Hall–Kier alpha value is -2.14. The molecule has 1 aromatic carbocycles. The molecule has 0 radical (unpaired) electrons. The second-order valence-corrected chi connectivity index (χ2v) is 5.20. The lowest BCUT2D eigenvalue weighted by molar-refractivity contribution is 0.0342. The number of carboxylic acid groups (broad SMARTS) is 1. The van der Waals surface area contributed by atoms with Gasteiger partial charge in [0, 0.05) is 19.0 Å². The van der Waals surface area contributed by atoms with Crippen molar-refractivity contribution >= 4 is 22.7 Å². The molecule has 0 aliphatic heterocycles. The highest BCUT2D eigenvalue weighted by atomic mass is 16.5. The topological polar surface area (TPSA) is 71.5 Å². The van der Waals surface area contributed by atoms with Gasteiger partial charge >= 0.3 is 5.97 Å². The maximum atomic E-state index is 11.3. The Morgan fingerprint density at radius 3 is 2.75 bits per heavy atom. The van der Waals surface area contributed by atoms with E-state index in [0.29, 0.717) is 12.4 Å². The number of rotatable bonds is 5. The van der Waals surface area contributed by atoms with Crippen molar-refractivity contribution in [1.82, 2.24) is 4.98 Å². The molecular weight excluding hydrogens is 256 g/mol. The van der Waals surface area contributed by atoms with Crippen molar-refractivity contribution in [3.05, 3.63) is 35.9 Å². The molecule has 106 valence electrons. The molecule has 2 aromatic rings. The van der Waals surface area contributed by atoms with Crippen LogP contribution in [0.15, 0.2) is 30.3 Å². The lowest BCUT2D eigenvalue weighted by Gasteiger charge is -2.24. The smallest absolute Gasteiger partial charge is 0.339 e. The number of pyridine rings is 1. The van der Waals surface area contributed by atoms with E-state index in [-0.39, 0.29) is 5.56 Å². The van der Waals surface area contributed by atoms with Crippen molar-refractivity contribution < 1.29 is 14.6 Å². The maximum Gasteiger partial charge on any atom is 0.339 e. The van der Waals surface area contributed by atoms with E-state index in [2.05, 4.69) is 10.3 Å². The summed E-state index contributed by atoms with van der Waals surface area (Å²) in [5, 5.41) is 13.2. The van der Waals surface area contributed by atoms with E-state index in [1.54, 1.807) is 13.2 Å². The average molecular weight is 274 g/mol. The summed E-state index contributed by atoms with van der Waals surface area (Å²) < 4.78 is 5.31. The molecule has 5 heteroatoms. The number of methoxy groups -OCH3 is 1. The van der Waals surface area contributed by atoms with Gasteiger partial charge in [0.15, 0.2) is 0 Å². The first-order valence-corrected chi connectivity index (χ1v) is 6.35. The van der Waals surface area contributed by atoms with Gasteiger partial charge < -0.3 is 15.2 Å². The molecule has 2 N–H and O–H groups in total. The number of aromatic carboxylic acids is 1. The highest BCUT2D eigenvalue weighted by molar-refractivity contribution is 5.98. The molecule has 0 aliphatic carbocycles. The van der Waals surface area contributed by atoms with Crippen LogP contribution in [0.1, 0.15) is 24.2 Å². The highest BCUT2D eigenvalue weighted by Gasteiger charge is 2.19. The molecule has 0 amide bonds. The van der Waals surface area contributed by atoms with Crippen LogP contribution in [0.25, 0.3) is 10.9 Å². The van der Waals surface area contributed by atoms with Crippen molar-refractivity contribution in [3.63, 3.8) is 0 Å². The number of hydrogen-bond donors (Lipinski definition) is 2. The van der Waals surface area contributed by atoms with Gasteiger partial charge in [0.1, 0.15) is 11.4 Å². The Kier molecular flexibility index (Phi) is 3.90. The number of ether oxygens (including phenoxy) is 1. The average Bonchev–Trinajstić information content (AvgIpc) is 2.44. The van der Waals surface area contributed by atoms with Crippen LogP contribution in [0.4, 0.5) is 5.82 Å². The van der Waals surface area contributed by atoms with Crippen molar-refractivity contribution in [3.8, 4) is 0 Å². The molecule has 1 aromatic heterocycles. The van der Waals surface area contributed by atoms with Crippen LogP contribution in [0.2, 0.25) is 0 Å². The van der Waals surface area contributed by atoms with E-state index >= 15 is 0 Å². The summed E-state index contributed by atoms with van der Waals surface area (Å²) in [6.07, 6.45) is 0. The summed E-state index contributed by atoms with van der Waals surface area (Å²) in [5.74, 6) is -0.637. The van der Waals surface area contributed by atoms with E-state index < -0.39 is 11.6 Å². The van der Waals surface area contributed by atoms with Gasteiger partial charge in [-0.15, -0.1) is 0 Å². The zero-order chi connectivity index (χ0) is 14.8. The van der Waals surface area contributed by atoms with Gasteiger partial charge in [-0.05, 0) is 26.0 Å². The lowest BCUT2D eigenvalue weighted by Crippen LogP contribution is -2.32. The van der Waals surface area contributed by atoms with Gasteiger partial charge in [0.2, 0.25) is 0 Å². The van der Waals surface area contributed by atoms with Gasteiger partial charge in [-0.25, -0.2) is 9.78 Å². The number of carbonyl (C=O) groups is 1. The van der Waals surface area contributed by atoms with Crippen molar-refractivity contribution in [2.24, 2.45) is 0 Å². The zero-order valence-electron chi connectivity index (χ0n) is 11.8. The normalized spacial score (nSPS) is 11.6. The molecule has 0 aliphatic rings. The number of nitrogens with zero attached hydrogens (tertiary/aromatic N) is 1. The standard InChI is InChI=1S/C15H18N2O3/c1-15(2,20-3)9-16-13-11(14(18)19)8-10-6-4-5-7-12(10)17-13/h4-8H,9H2,1-3H3,(H,16,17)(H,18,19). The molecule has 5 nitrogen and oxygen atoms in total. The van der Waals surface area contributed by atoms with Crippen molar-refractivity contribution in [1.29, 1.82) is 0 Å². The minimum absolute atomic E-state index is 0.163. The molecule has 0 fully saturated rings. The van der Waals surface area contributed by atoms with Gasteiger partial charge in [0.05, 0.1) is 11.1 Å². The quantitative estimate of drug-likeness (QED) is 0.877. The number of nitrogens with one attached hydrogen (secondary N) is 1. The molecule has 1 heterocycles. The second kappa shape index (κ2) is 5.46. The van der Waals surface area contributed by atoms with Gasteiger partial charge in [-0.1, -0.05) is 18.2 Å². The lowest BCUT2D eigenvalue weighted by atomic mass is 10.1. The molecular formula is C15H18N2O3. The third-order valence-corrected chi connectivity index (χ3v) is 3.19. The fraction of sp³-hybridized carbons (Fsp3) is 0.333. The summed E-state index contributed by atoms with van der Waals surface area (Å²) >= 11 is 0. The molecule has 0 spiro atoms. The predicted molar refractivity (Wildman–Crippen MR) is 78.3 cm³/mol. The Labute approximate surface area is 117 Å². The predicted octanol–water partition coefficient (Wildman–Crippen LogP) is 2.77. The first-order chi connectivity index (χ1) is 9.43. The summed E-state index contributed by atoms with van der Waals surface area (Å²) in [6, 6.07) is 9.06. The Bertz CT molecular complexity index is 638. The summed E-state index contributed by atoms with van der Waals surface area (Å²) in [7, 11) is 1.62. The SMILES string of the molecule is COC(C)(C)CNc1nc2ccccc2cc1C(=O)O. The number of para-hydroxylation sites is 1. The highest BCUT2D eigenvalue weighted by Crippen LogP contribution is 2.21. The van der Waals surface area contributed by atoms with E-state index in [0.717, 1.165) is 10.9 Å². The van der Waals surface area contributed by atoms with E-state index in [1.165, 1.54) is 0 Å². The van der Waals surface area contributed by atoms with Gasteiger partial charge in [-0.3, -0.25) is 0 Å². The van der Waals surface area contributed by atoms with E-state index in [1.807, 2.05) is 38.1 Å². The Morgan fingerprint density at radius 1 is 1.40 bits per heavy atom.